The number of amides is 2. The number of rotatable bonds is 10. The average molecular weight is 431 g/mol. The molecule has 0 aliphatic rings. The summed E-state index contributed by atoms with van der Waals surface area (Å²) in [4.78, 5) is 24.1. The number of carbonyl (C=O) groups is 2. The van der Waals surface area contributed by atoms with E-state index in [0.717, 1.165) is 12.0 Å². The van der Waals surface area contributed by atoms with Gasteiger partial charge in [0.05, 0.1) is 18.7 Å². The van der Waals surface area contributed by atoms with Gasteiger partial charge in [-0.25, -0.2) is 0 Å². The Labute approximate surface area is 182 Å². The zero-order valence-electron chi connectivity index (χ0n) is 17.5. The summed E-state index contributed by atoms with van der Waals surface area (Å²) in [6, 6.07) is 10.6. The molecule has 0 radical (unpaired) electrons. The van der Waals surface area contributed by atoms with Gasteiger partial charge in [-0.15, -0.1) is 0 Å². The number of methoxy groups -OCH3 is 1. The van der Waals surface area contributed by atoms with Crippen LogP contribution in [-0.2, 0) is 11.3 Å². The van der Waals surface area contributed by atoms with Crippen LogP contribution in [0.1, 0.15) is 41.8 Å². The maximum absolute atomic E-state index is 12.2. The molecular weight excluding hydrogens is 404 g/mol. The van der Waals surface area contributed by atoms with Crippen molar-refractivity contribution in [2.45, 2.75) is 26.8 Å². The minimum atomic E-state index is -0.264. The molecule has 0 spiro atoms. The maximum atomic E-state index is 12.2. The highest BCUT2D eigenvalue weighted by atomic mass is 35.5. The second-order valence-corrected chi connectivity index (χ2v) is 6.90. The zero-order valence-corrected chi connectivity index (χ0v) is 18.2. The van der Waals surface area contributed by atoms with Gasteiger partial charge in [-0.05, 0) is 54.8 Å². The Balaban J connectivity index is 2.00. The van der Waals surface area contributed by atoms with Crippen LogP contribution >= 0.6 is 11.6 Å². The molecule has 0 saturated carbocycles. The lowest BCUT2D eigenvalue weighted by Crippen LogP contribution is -2.23. The van der Waals surface area contributed by atoms with Crippen molar-refractivity contribution in [3.8, 4) is 11.5 Å². The van der Waals surface area contributed by atoms with Crippen molar-refractivity contribution in [2.24, 2.45) is 0 Å². The van der Waals surface area contributed by atoms with Gasteiger partial charge < -0.3 is 20.1 Å². The largest absolute Gasteiger partial charge is 0.493 e. The summed E-state index contributed by atoms with van der Waals surface area (Å²) in [5.41, 5.74) is 2.11. The zero-order chi connectivity index (χ0) is 21.9. The Bertz CT molecular complexity index is 912. The van der Waals surface area contributed by atoms with E-state index in [4.69, 9.17) is 21.1 Å². The molecule has 0 bridgehead atoms. The molecule has 0 aromatic heterocycles. The minimum Gasteiger partial charge on any atom is -0.493 e. The highest BCUT2D eigenvalue weighted by Gasteiger charge is 2.11. The van der Waals surface area contributed by atoms with Gasteiger partial charge in [0.15, 0.2) is 11.5 Å². The Morgan fingerprint density at radius 3 is 2.63 bits per heavy atom. The number of carbonyl (C=O) groups excluding carboxylic acids is 2. The molecule has 0 unspecified atom stereocenters. The van der Waals surface area contributed by atoms with Gasteiger partial charge in [0.2, 0.25) is 5.91 Å². The van der Waals surface area contributed by atoms with Crippen LogP contribution in [0.15, 0.2) is 42.5 Å². The van der Waals surface area contributed by atoms with E-state index in [1.54, 1.807) is 43.5 Å². The van der Waals surface area contributed by atoms with Crippen LogP contribution in [-0.4, -0.2) is 32.1 Å². The molecule has 2 amide bonds. The van der Waals surface area contributed by atoms with Crippen molar-refractivity contribution in [1.82, 2.24) is 10.6 Å². The number of benzene rings is 2. The molecule has 2 rings (SSSR count). The molecule has 7 heteroatoms. The standard InChI is InChI=1S/C23H27ClN2O4/c1-4-11-30-22-19(24)13-16(14-20(22)29-3)9-10-21(27)26-15-17-7-6-8-18(12-17)23(28)25-5-2/h6-10,12-14H,4-5,11,15H2,1-3H3,(H,25,28)(H,26,27)/b10-9+. The number of nitrogens with one attached hydrogen (secondary N) is 2. The van der Waals surface area contributed by atoms with Crippen LogP contribution in [0.4, 0.5) is 0 Å². The third kappa shape index (κ3) is 6.81. The van der Waals surface area contributed by atoms with Gasteiger partial charge in [0.25, 0.3) is 5.91 Å². The maximum Gasteiger partial charge on any atom is 0.251 e. The first-order valence-electron chi connectivity index (χ1n) is 9.81. The Hall–Kier alpha value is -2.99. The fourth-order valence-corrected chi connectivity index (χ4v) is 2.96. The lowest BCUT2D eigenvalue weighted by molar-refractivity contribution is -0.116. The molecule has 0 aliphatic carbocycles. The van der Waals surface area contributed by atoms with Gasteiger partial charge in [0, 0.05) is 24.7 Å². The molecule has 2 aromatic rings. The number of hydrogen-bond donors (Lipinski definition) is 2. The summed E-state index contributed by atoms with van der Waals surface area (Å²) in [7, 11) is 1.54. The summed E-state index contributed by atoms with van der Waals surface area (Å²) < 4.78 is 11.0. The van der Waals surface area contributed by atoms with Crippen LogP contribution in [0, 0.1) is 0 Å². The first-order chi connectivity index (χ1) is 14.5. The van der Waals surface area contributed by atoms with Crippen molar-refractivity contribution in [3.05, 3.63) is 64.2 Å². The first-order valence-corrected chi connectivity index (χ1v) is 10.2. The molecule has 0 saturated heterocycles. The van der Waals surface area contributed by atoms with Gasteiger partial charge in [-0.2, -0.15) is 0 Å². The molecule has 2 N–H and O–H groups in total. The highest BCUT2D eigenvalue weighted by Crippen LogP contribution is 2.36. The first kappa shape index (κ1) is 23.3. The van der Waals surface area contributed by atoms with Crippen molar-refractivity contribution < 1.29 is 19.1 Å². The summed E-state index contributed by atoms with van der Waals surface area (Å²) in [6.45, 7) is 5.28. The number of hydrogen-bond acceptors (Lipinski definition) is 4. The SMILES string of the molecule is CCCOc1c(Cl)cc(/C=C/C(=O)NCc2cccc(C(=O)NCC)c2)cc1OC. The quantitative estimate of drug-likeness (QED) is 0.553. The van der Waals surface area contributed by atoms with Crippen molar-refractivity contribution in [1.29, 1.82) is 0 Å². The van der Waals surface area contributed by atoms with E-state index in [1.807, 2.05) is 19.9 Å². The Morgan fingerprint density at radius 2 is 1.93 bits per heavy atom. The summed E-state index contributed by atoms with van der Waals surface area (Å²) in [6.07, 6.45) is 3.93. The van der Waals surface area contributed by atoms with Crippen LogP contribution in [0.5, 0.6) is 11.5 Å². The topological polar surface area (TPSA) is 76.7 Å². The molecule has 30 heavy (non-hydrogen) atoms. The van der Waals surface area contributed by atoms with Crippen LogP contribution < -0.4 is 20.1 Å². The van der Waals surface area contributed by atoms with Crippen molar-refractivity contribution in [3.63, 3.8) is 0 Å². The molecule has 0 heterocycles. The smallest absolute Gasteiger partial charge is 0.251 e. The molecule has 160 valence electrons. The average Bonchev–Trinajstić information content (AvgIpc) is 2.75. The predicted molar refractivity (Wildman–Crippen MR) is 119 cm³/mol. The Morgan fingerprint density at radius 1 is 1.13 bits per heavy atom. The van der Waals surface area contributed by atoms with E-state index >= 15 is 0 Å². The third-order valence-electron chi connectivity index (χ3n) is 4.12. The molecule has 0 atom stereocenters. The normalized spacial score (nSPS) is 10.7. The third-order valence-corrected chi connectivity index (χ3v) is 4.40. The monoisotopic (exact) mass is 430 g/mol. The van der Waals surface area contributed by atoms with E-state index < -0.39 is 0 Å². The van der Waals surface area contributed by atoms with E-state index in [-0.39, 0.29) is 11.8 Å². The van der Waals surface area contributed by atoms with E-state index in [1.165, 1.54) is 6.08 Å². The fraction of sp³-hybridized carbons (Fsp3) is 0.304. The number of halogens is 1. The van der Waals surface area contributed by atoms with Crippen LogP contribution in [0.25, 0.3) is 6.08 Å². The molecular formula is C23H27ClN2O4. The lowest BCUT2D eigenvalue weighted by Gasteiger charge is -2.12. The summed E-state index contributed by atoms with van der Waals surface area (Å²) >= 11 is 6.30. The van der Waals surface area contributed by atoms with E-state index in [9.17, 15) is 9.59 Å². The molecule has 0 fully saturated rings. The molecule has 0 aliphatic heterocycles. The second kappa shape index (κ2) is 11.9. The minimum absolute atomic E-state index is 0.136. The van der Waals surface area contributed by atoms with Crippen LogP contribution in [0.2, 0.25) is 5.02 Å². The van der Waals surface area contributed by atoms with Gasteiger partial charge in [-0.3, -0.25) is 9.59 Å². The van der Waals surface area contributed by atoms with Crippen molar-refractivity contribution >= 4 is 29.5 Å². The predicted octanol–water partition coefficient (Wildman–Crippen LogP) is 4.22. The summed E-state index contributed by atoms with van der Waals surface area (Å²) in [5.74, 6) is 0.607. The van der Waals surface area contributed by atoms with Gasteiger partial charge in [-0.1, -0.05) is 30.7 Å². The molecule has 6 nitrogen and oxygen atoms in total. The van der Waals surface area contributed by atoms with Crippen LogP contribution in [0.3, 0.4) is 0 Å². The van der Waals surface area contributed by atoms with Gasteiger partial charge >= 0.3 is 0 Å². The second-order valence-electron chi connectivity index (χ2n) is 6.49. The highest BCUT2D eigenvalue weighted by molar-refractivity contribution is 6.32. The number of ether oxygens (including phenoxy) is 2. The summed E-state index contributed by atoms with van der Waals surface area (Å²) in [5, 5.41) is 5.98. The fourth-order valence-electron chi connectivity index (χ4n) is 2.69. The molecule has 2 aromatic carbocycles. The van der Waals surface area contributed by atoms with Gasteiger partial charge in [0.1, 0.15) is 0 Å². The Kier molecular flexibility index (Phi) is 9.22. The van der Waals surface area contributed by atoms with E-state index in [2.05, 4.69) is 10.6 Å². The van der Waals surface area contributed by atoms with E-state index in [0.29, 0.717) is 47.3 Å². The van der Waals surface area contributed by atoms with Crippen molar-refractivity contribution in [2.75, 3.05) is 20.3 Å². The lowest BCUT2D eigenvalue weighted by atomic mass is 10.1.